The van der Waals surface area contributed by atoms with Gasteiger partial charge in [-0.3, -0.25) is 9.13 Å². The Labute approximate surface area is 142 Å². The number of fused-ring (bicyclic) bond motifs is 1. The highest BCUT2D eigenvalue weighted by Crippen LogP contribution is 2.34. The van der Waals surface area contributed by atoms with Crippen LogP contribution in [0.15, 0.2) is 26.3 Å². The lowest BCUT2D eigenvalue weighted by Crippen LogP contribution is -2.41. The molecule has 1 aliphatic carbocycles. The minimum Gasteiger partial charge on any atom is -0.329 e. The Bertz CT molecular complexity index is 928. The maximum Gasteiger partial charge on any atom is 0.328 e. The first kappa shape index (κ1) is 16.7. The third kappa shape index (κ3) is 2.86. The number of hydrogen-bond donors (Lipinski definition) is 2. The third-order valence-electron chi connectivity index (χ3n) is 4.37. The molecule has 1 unspecified atom stereocenters. The van der Waals surface area contributed by atoms with Gasteiger partial charge in [-0.15, -0.1) is 0 Å². The number of benzene rings is 1. The first-order chi connectivity index (χ1) is 10.8. The summed E-state index contributed by atoms with van der Waals surface area (Å²) in [5.74, 6) is 0.318. The van der Waals surface area contributed by atoms with Crippen molar-refractivity contribution < 1.29 is 8.42 Å². The summed E-state index contributed by atoms with van der Waals surface area (Å²) in [6, 6.07) is 2.92. The second kappa shape index (κ2) is 5.73. The van der Waals surface area contributed by atoms with Crippen molar-refractivity contribution in [2.24, 2.45) is 25.7 Å². The molecule has 1 aromatic carbocycles. The highest BCUT2D eigenvalue weighted by Gasteiger charge is 2.34. The number of rotatable bonds is 5. The number of sulfonamides is 1. The van der Waals surface area contributed by atoms with Crippen LogP contribution in [0.1, 0.15) is 12.8 Å². The Morgan fingerprint density at radius 3 is 2.39 bits per heavy atom. The fraction of sp³-hybridized carbons (Fsp3) is 0.500. The number of nitrogens with zero attached hydrogens (tertiary/aromatic N) is 2. The van der Waals surface area contributed by atoms with Crippen molar-refractivity contribution in [1.82, 2.24) is 13.9 Å². The molecular weight excluding hydrogens is 384 g/mol. The number of nitrogens with one attached hydrogen (secondary N) is 1. The van der Waals surface area contributed by atoms with E-state index in [-0.39, 0.29) is 23.2 Å². The van der Waals surface area contributed by atoms with Crippen molar-refractivity contribution in [3.05, 3.63) is 27.1 Å². The summed E-state index contributed by atoms with van der Waals surface area (Å²) in [4.78, 5) is 12.1. The molecule has 0 bridgehead atoms. The standard InChI is InChI=1S/C14H19BrN4O3S/c1-18-11-5-9(15)13(6-12(11)19(2)14(18)20)23(21,22)17-10(7-16)8-3-4-8/h5-6,8,10,17H,3-4,7,16H2,1-2H3. The molecule has 0 radical (unpaired) electrons. The minimum atomic E-state index is -3.72. The normalized spacial score (nSPS) is 16.9. The number of halogens is 1. The number of nitrogens with two attached hydrogens (primary N) is 1. The topological polar surface area (TPSA) is 99.1 Å². The fourth-order valence-corrected chi connectivity index (χ4v) is 5.17. The zero-order valence-corrected chi connectivity index (χ0v) is 15.3. The summed E-state index contributed by atoms with van der Waals surface area (Å²) in [5, 5.41) is 0. The van der Waals surface area contributed by atoms with Gasteiger partial charge in [0.05, 0.1) is 15.9 Å². The van der Waals surface area contributed by atoms with Crippen LogP contribution in [-0.2, 0) is 24.1 Å². The maximum absolute atomic E-state index is 12.7. The Kier molecular flexibility index (Phi) is 4.16. The quantitative estimate of drug-likeness (QED) is 0.766. The lowest BCUT2D eigenvalue weighted by molar-refractivity contribution is 0.519. The van der Waals surface area contributed by atoms with Crippen LogP contribution >= 0.6 is 15.9 Å². The Morgan fingerprint density at radius 1 is 1.30 bits per heavy atom. The monoisotopic (exact) mass is 402 g/mol. The highest BCUT2D eigenvalue weighted by atomic mass is 79.9. The van der Waals surface area contributed by atoms with Crippen LogP contribution in [0.3, 0.4) is 0 Å². The van der Waals surface area contributed by atoms with Crippen LogP contribution < -0.4 is 16.1 Å². The van der Waals surface area contributed by atoms with Crippen molar-refractivity contribution in [1.29, 1.82) is 0 Å². The summed E-state index contributed by atoms with van der Waals surface area (Å²) in [6.07, 6.45) is 2.00. The molecule has 1 atom stereocenters. The van der Waals surface area contributed by atoms with E-state index in [0.717, 1.165) is 12.8 Å². The Balaban J connectivity index is 2.09. The van der Waals surface area contributed by atoms with Gasteiger partial charge in [-0.05, 0) is 46.8 Å². The molecule has 3 N–H and O–H groups in total. The van der Waals surface area contributed by atoms with E-state index < -0.39 is 10.0 Å². The van der Waals surface area contributed by atoms with Crippen molar-refractivity contribution >= 4 is 37.0 Å². The SMILES string of the molecule is Cn1c(=O)n(C)c2cc(S(=O)(=O)NC(CN)C3CC3)c(Br)cc21. The van der Waals surface area contributed by atoms with E-state index in [1.54, 1.807) is 20.2 Å². The average molecular weight is 403 g/mol. The van der Waals surface area contributed by atoms with Crippen molar-refractivity contribution in [3.63, 3.8) is 0 Å². The van der Waals surface area contributed by atoms with Crippen molar-refractivity contribution in [2.75, 3.05) is 6.54 Å². The first-order valence-electron chi connectivity index (χ1n) is 7.33. The molecule has 1 heterocycles. The van der Waals surface area contributed by atoms with Crippen LogP contribution in [0.2, 0.25) is 0 Å². The molecule has 1 fully saturated rings. The molecule has 3 rings (SSSR count). The van der Waals surface area contributed by atoms with Crippen LogP contribution in [0.5, 0.6) is 0 Å². The summed E-state index contributed by atoms with van der Waals surface area (Å²) < 4.78 is 31.4. The molecule has 0 spiro atoms. The molecule has 0 amide bonds. The molecule has 1 aliphatic rings. The molecule has 1 saturated carbocycles. The van der Waals surface area contributed by atoms with Crippen LogP contribution in [-0.4, -0.2) is 30.1 Å². The van der Waals surface area contributed by atoms with E-state index in [1.165, 1.54) is 15.2 Å². The summed E-state index contributed by atoms with van der Waals surface area (Å²) in [6.45, 7) is 0.271. The lowest BCUT2D eigenvalue weighted by Gasteiger charge is -2.17. The second-order valence-corrected chi connectivity index (χ2v) is 8.51. The van der Waals surface area contributed by atoms with Gasteiger partial charge in [0.2, 0.25) is 10.0 Å². The maximum atomic E-state index is 12.7. The van der Waals surface area contributed by atoms with Crippen LogP contribution in [0, 0.1) is 5.92 Å². The molecule has 126 valence electrons. The van der Waals surface area contributed by atoms with Crippen molar-refractivity contribution in [3.8, 4) is 0 Å². The van der Waals surface area contributed by atoms with E-state index >= 15 is 0 Å². The molecule has 0 saturated heterocycles. The predicted molar refractivity (Wildman–Crippen MR) is 91.7 cm³/mol. The van der Waals surface area contributed by atoms with Gasteiger partial charge in [0.15, 0.2) is 0 Å². The summed E-state index contributed by atoms with van der Waals surface area (Å²) in [7, 11) is -0.446. The van der Waals surface area contributed by atoms with Gasteiger partial charge in [-0.2, -0.15) is 0 Å². The first-order valence-corrected chi connectivity index (χ1v) is 9.61. The van der Waals surface area contributed by atoms with E-state index in [9.17, 15) is 13.2 Å². The van der Waals surface area contributed by atoms with Gasteiger partial charge in [-0.1, -0.05) is 0 Å². The fourth-order valence-electron chi connectivity index (χ4n) is 2.80. The summed E-state index contributed by atoms with van der Waals surface area (Å²) >= 11 is 3.31. The number of aromatic nitrogens is 2. The van der Waals surface area contributed by atoms with E-state index in [0.29, 0.717) is 21.4 Å². The smallest absolute Gasteiger partial charge is 0.328 e. The Hall–Kier alpha value is -1.16. The van der Waals surface area contributed by atoms with Gasteiger partial charge >= 0.3 is 5.69 Å². The second-order valence-electron chi connectivity index (χ2n) is 5.97. The molecule has 7 nitrogen and oxygen atoms in total. The highest BCUT2D eigenvalue weighted by molar-refractivity contribution is 9.10. The molecule has 2 aromatic rings. The summed E-state index contributed by atoms with van der Waals surface area (Å²) in [5.41, 5.74) is 6.72. The number of hydrogen-bond acceptors (Lipinski definition) is 4. The molecule has 23 heavy (non-hydrogen) atoms. The predicted octanol–water partition coefficient (Wildman–Crippen LogP) is 0.655. The van der Waals surface area contributed by atoms with E-state index in [1.807, 2.05) is 0 Å². The Morgan fingerprint density at radius 2 is 1.87 bits per heavy atom. The van der Waals surface area contributed by atoms with Gasteiger partial charge in [-0.25, -0.2) is 17.9 Å². The van der Waals surface area contributed by atoms with Crippen LogP contribution in [0.25, 0.3) is 11.0 Å². The minimum absolute atomic E-state index is 0.116. The zero-order valence-electron chi connectivity index (χ0n) is 12.9. The van der Waals surface area contributed by atoms with Gasteiger partial charge in [0.1, 0.15) is 0 Å². The molecule has 1 aromatic heterocycles. The van der Waals surface area contributed by atoms with Crippen molar-refractivity contribution in [2.45, 2.75) is 23.8 Å². The van der Waals surface area contributed by atoms with Gasteiger partial charge in [0.25, 0.3) is 0 Å². The number of aryl methyl sites for hydroxylation is 2. The largest absolute Gasteiger partial charge is 0.329 e. The lowest BCUT2D eigenvalue weighted by atomic mass is 10.2. The van der Waals surface area contributed by atoms with Gasteiger partial charge in [0, 0.05) is 31.2 Å². The average Bonchev–Trinajstić information content (AvgIpc) is 3.31. The number of imidazole rings is 1. The third-order valence-corrected chi connectivity index (χ3v) is 6.82. The van der Waals surface area contributed by atoms with E-state index in [2.05, 4.69) is 20.7 Å². The molecular formula is C14H19BrN4O3S. The molecule has 9 heteroatoms. The van der Waals surface area contributed by atoms with E-state index in [4.69, 9.17) is 5.73 Å². The van der Waals surface area contributed by atoms with Gasteiger partial charge < -0.3 is 5.73 Å². The molecule has 0 aliphatic heterocycles. The zero-order chi connectivity index (χ0) is 16.9. The van der Waals surface area contributed by atoms with Crippen LogP contribution in [0.4, 0.5) is 0 Å².